The number of aromatic nitrogens is 4. The second-order valence-electron chi connectivity index (χ2n) is 4.87. The summed E-state index contributed by atoms with van der Waals surface area (Å²) in [4.78, 5) is 26.0. The average molecular weight is 325 g/mol. The molecule has 2 heterocycles. The summed E-state index contributed by atoms with van der Waals surface area (Å²) in [6.45, 7) is 1.78. The maximum absolute atomic E-state index is 10.9. The summed E-state index contributed by atoms with van der Waals surface area (Å²) in [6, 6.07) is 4.68. The van der Waals surface area contributed by atoms with Crippen LogP contribution in [0.15, 0.2) is 48.2 Å². The normalized spacial score (nSPS) is 12.1. The van der Waals surface area contributed by atoms with Gasteiger partial charge in [-0.05, 0) is 35.7 Å². The van der Waals surface area contributed by atoms with Gasteiger partial charge in [0.15, 0.2) is 11.2 Å². The van der Waals surface area contributed by atoms with Gasteiger partial charge < -0.3 is 15.2 Å². The summed E-state index contributed by atoms with van der Waals surface area (Å²) in [7, 11) is 0. The maximum Gasteiger partial charge on any atom is 0.377 e. The highest BCUT2D eigenvalue weighted by atomic mass is 16.4. The van der Waals surface area contributed by atoms with Crippen molar-refractivity contribution in [3.05, 3.63) is 48.7 Å². The van der Waals surface area contributed by atoms with Gasteiger partial charge in [0.25, 0.3) is 0 Å². The molecule has 0 amide bonds. The summed E-state index contributed by atoms with van der Waals surface area (Å²) >= 11 is 0. The highest BCUT2D eigenvalue weighted by Gasteiger charge is 2.19. The van der Waals surface area contributed by atoms with Crippen LogP contribution in [-0.4, -0.2) is 40.8 Å². The summed E-state index contributed by atoms with van der Waals surface area (Å²) in [5, 5.41) is 22.8. The second-order valence-corrected chi connectivity index (χ2v) is 4.87. The Morgan fingerprint density at radius 3 is 2.92 bits per heavy atom. The largest absolute Gasteiger partial charge is 0.508 e. The molecule has 0 saturated carbocycles. The molecule has 9 nitrogen and oxygen atoms in total. The molecule has 0 saturated heterocycles. The number of fused-ring (bicyclic) bond motifs is 1. The monoisotopic (exact) mass is 325 g/mol. The van der Waals surface area contributed by atoms with Gasteiger partial charge in [-0.25, -0.2) is 9.78 Å². The lowest BCUT2D eigenvalue weighted by Gasteiger charge is -2.01. The second kappa shape index (κ2) is 6.24. The Morgan fingerprint density at radius 1 is 1.33 bits per heavy atom. The number of H-pyrrole nitrogens is 1. The van der Waals surface area contributed by atoms with Crippen LogP contribution in [0.1, 0.15) is 5.56 Å². The highest BCUT2D eigenvalue weighted by molar-refractivity contribution is 5.80. The van der Waals surface area contributed by atoms with Gasteiger partial charge in [0.05, 0.1) is 12.4 Å². The van der Waals surface area contributed by atoms with Gasteiger partial charge >= 0.3 is 11.8 Å². The van der Waals surface area contributed by atoms with Crippen molar-refractivity contribution < 1.29 is 19.7 Å². The Morgan fingerprint density at radius 2 is 2.17 bits per heavy atom. The van der Waals surface area contributed by atoms with Crippen molar-refractivity contribution in [2.24, 2.45) is 5.11 Å². The lowest BCUT2D eigenvalue weighted by molar-refractivity contribution is -0.437. The molecule has 3 rings (SSSR count). The Bertz CT molecular complexity index is 976. The number of imidazole rings is 1. The number of hydrogen-bond donors (Lipinski definition) is 3. The molecule has 0 atom stereocenters. The molecule has 0 bridgehead atoms. The number of phenols is 1. The van der Waals surface area contributed by atoms with Gasteiger partial charge in [-0.15, -0.1) is 0 Å². The molecule has 3 N–H and O–H groups in total. The first-order chi connectivity index (χ1) is 11.5. The van der Waals surface area contributed by atoms with Crippen LogP contribution in [0.5, 0.6) is 5.75 Å². The average Bonchev–Trinajstić information content (AvgIpc) is 3.02. The quantitative estimate of drug-likeness (QED) is 0.384. The fraction of sp³-hybridized carbons (Fsp3) is 0.0667. The number of aryl methyl sites for hydroxylation is 1. The molecule has 24 heavy (non-hydrogen) atoms. The summed E-state index contributed by atoms with van der Waals surface area (Å²) in [5.41, 5.74) is 2.23. The van der Waals surface area contributed by atoms with Gasteiger partial charge in [-0.3, -0.25) is 0 Å². The number of aliphatic carboxylic acids is 1. The van der Waals surface area contributed by atoms with Crippen molar-refractivity contribution in [3.63, 3.8) is 0 Å². The third-order valence-corrected chi connectivity index (χ3v) is 3.17. The summed E-state index contributed by atoms with van der Waals surface area (Å²) < 4.78 is 1.32. The number of aromatic hydroxyl groups is 1. The zero-order valence-electron chi connectivity index (χ0n) is 12.6. The standard InChI is InChI=1S/C15H12N6O3/c1-9-6-10(22)2-3-11(9)20-21(5-4-12(23)24)15-13-14(17-7-16-13)18-8-19-15/h2-8H,1H3,(H2,16,17,18,19,23,24)/p+1/b5-4+. The van der Waals surface area contributed by atoms with Crippen LogP contribution in [0, 0.1) is 6.92 Å². The molecule has 9 heteroatoms. The van der Waals surface area contributed by atoms with Crippen LogP contribution >= 0.6 is 0 Å². The van der Waals surface area contributed by atoms with Crippen molar-refractivity contribution in [2.45, 2.75) is 6.92 Å². The number of carboxylic acids is 1. The topological polar surface area (TPSA) is 127 Å². The first-order valence-electron chi connectivity index (χ1n) is 6.90. The van der Waals surface area contributed by atoms with Gasteiger partial charge in [0, 0.05) is 0 Å². The lowest BCUT2D eigenvalue weighted by atomic mass is 10.2. The van der Waals surface area contributed by atoms with Crippen molar-refractivity contribution >= 4 is 28.6 Å². The van der Waals surface area contributed by atoms with E-state index in [0.29, 0.717) is 22.7 Å². The zero-order valence-corrected chi connectivity index (χ0v) is 12.6. The number of rotatable bonds is 4. The van der Waals surface area contributed by atoms with Crippen molar-refractivity contribution in [3.8, 4) is 5.75 Å². The van der Waals surface area contributed by atoms with Gasteiger partial charge in [-0.2, -0.15) is 4.98 Å². The van der Waals surface area contributed by atoms with Gasteiger partial charge in [-0.1, -0.05) is 9.81 Å². The van der Waals surface area contributed by atoms with Crippen LogP contribution in [0.3, 0.4) is 0 Å². The highest BCUT2D eigenvalue weighted by Crippen LogP contribution is 2.26. The van der Waals surface area contributed by atoms with Crippen LogP contribution < -0.4 is 0 Å². The van der Waals surface area contributed by atoms with Crippen molar-refractivity contribution in [1.82, 2.24) is 19.9 Å². The fourth-order valence-corrected chi connectivity index (χ4v) is 2.08. The number of carbonyl (C=O) groups is 1. The predicted octanol–water partition coefficient (Wildman–Crippen LogP) is 2.39. The first-order valence-corrected chi connectivity index (χ1v) is 6.90. The smallest absolute Gasteiger partial charge is 0.377 e. The molecule has 0 aliphatic carbocycles. The molecule has 0 aliphatic rings. The third kappa shape index (κ3) is 3.09. The molecule has 0 radical (unpaired) electrons. The number of phenolic OH excluding ortho intramolecular Hbond substituents is 1. The third-order valence-electron chi connectivity index (χ3n) is 3.17. The van der Waals surface area contributed by atoms with Crippen molar-refractivity contribution in [1.29, 1.82) is 0 Å². The SMILES string of the molecule is Cc1cc(O)ccc1N=[N+](/C=C/C(=O)O)c1ncnc2nc[nH]c12. The zero-order chi connectivity index (χ0) is 17.1. The van der Waals surface area contributed by atoms with Crippen LogP contribution in [0.4, 0.5) is 11.5 Å². The molecule has 120 valence electrons. The van der Waals surface area contributed by atoms with E-state index >= 15 is 0 Å². The molecule has 3 aromatic rings. The Balaban J connectivity index is 2.18. The Kier molecular flexibility index (Phi) is 3.98. The number of nitrogens with zero attached hydrogens (tertiary/aromatic N) is 5. The van der Waals surface area contributed by atoms with E-state index in [4.69, 9.17) is 5.11 Å². The van der Waals surface area contributed by atoms with E-state index in [1.165, 1.54) is 29.6 Å². The fourth-order valence-electron chi connectivity index (χ4n) is 2.08. The summed E-state index contributed by atoms with van der Waals surface area (Å²) in [6.07, 6.45) is 5.01. The lowest BCUT2D eigenvalue weighted by Crippen LogP contribution is -2.00. The Hall–Kier alpha value is -3.62. The molecule has 0 fully saturated rings. The minimum absolute atomic E-state index is 0.122. The molecule has 1 aromatic carbocycles. The minimum Gasteiger partial charge on any atom is -0.508 e. The van der Waals surface area contributed by atoms with E-state index in [1.54, 1.807) is 19.1 Å². The number of aromatic amines is 1. The Labute approximate surface area is 135 Å². The first kappa shape index (κ1) is 15.3. The molecular weight excluding hydrogens is 312 g/mol. The molecule has 0 spiro atoms. The molecule has 0 unspecified atom stereocenters. The minimum atomic E-state index is -1.12. The number of hydrogen-bond acceptors (Lipinski definition) is 6. The number of nitrogens with one attached hydrogen (secondary N) is 1. The van der Waals surface area contributed by atoms with E-state index in [2.05, 4.69) is 25.1 Å². The van der Waals surface area contributed by atoms with E-state index < -0.39 is 5.97 Å². The maximum atomic E-state index is 10.9. The van der Waals surface area contributed by atoms with Crippen LogP contribution in [0.25, 0.3) is 11.2 Å². The van der Waals surface area contributed by atoms with E-state index in [9.17, 15) is 9.90 Å². The summed E-state index contributed by atoms with van der Waals surface area (Å²) in [5.74, 6) is -0.646. The van der Waals surface area contributed by atoms with Crippen molar-refractivity contribution in [2.75, 3.05) is 0 Å². The van der Waals surface area contributed by atoms with Crippen LogP contribution in [0.2, 0.25) is 0 Å². The predicted molar refractivity (Wildman–Crippen MR) is 83.3 cm³/mol. The van der Waals surface area contributed by atoms with Gasteiger partial charge in [0.2, 0.25) is 6.33 Å². The van der Waals surface area contributed by atoms with E-state index in [-0.39, 0.29) is 5.75 Å². The molecule has 0 aliphatic heterocycles. The van der Waals surface area contributed by atoms with Gasteiger partial charge in [0.1, 0.15) is 17.6 Å². The van der Waals surface area contributed by atoms with E-state index in [1.807, 2.05) is 0 Å². The number of carboxylic acid groups (broad SMARTS) is 1. The number of benzene rings is 1. The number of azo groups is 2. The molecular formula is C15H13N6O3+. The van der Waals surface area contributed by atoms with Crippen LogP contribution in [-0.2, 0) is 4.79 Å². The molecule has 2 aromatic heterocycles. The van der Waals surface area contributed by atoms with E-state index in [0.717, 1.165) is 11.6 Å².